The highest BCUT2D eigenvalue weighted by Crippen LogP contribution is 2.43. The van der Waals surface area contributed by atoms with Crippen molar-refractivity contribution in [3.05, 3.63) is 68.4 Å². The number of nitrogens with zero attached hydrogens (tertiary/aromatic N) is 2. The minimum Gasteiger partial charge on any atom is -0.478 e. The van der Waals surface area contributed by atoms with Crippen LogP contribution in [0.4, 0.5) is 9.18 Å². The summed E-state index contributed by atoms with van der Waals surface area (Å²) in [6.45, 7) is 9.87. The summed E-state index contributed by atoms with van der Waals surface area (Å²) in [5.41, 5.74) is -3.21. The molecule has 2 atom stereocenters. The highest BCUT2D eigenvalue weighted by molar-refractivity contribution is 9.10. The maximum absolute atomic E-state index is 15.5. The van der Waals surface area contributed by atoms with Crippen molar-refractivity contribution in [3.8, 4) is 0 Å². The number of aliphatic imine (C=N–C) groups is 1. The van der Waals surface area contributed by atoms with Gasteiger partial charge in [0.05, 0.1) is 23.2 Å². The summed E-state index contributed by atoms with van der Waals surface area (Å²) >= 11 is 9.29. The molecule has 0 spiro atoms. The molecule has 0 aromatic heterocycles. The van der Waals surface area contributed by atoms with Crippen LogP contribution in [0.3, 0.4) is 0 Å². The van der Waals surface area contributed by atoms with Crippen LogP contribution in [0, 0.1) is 11.2 Å². The summed E-state index contributed by atoms with van der Waals surface area (Å²) in [4.78, 5) is 44.1. The van der Waals surface area contributed by atoms with Gasteiger partial charge in [-0.1, -0.05) is 60.4 Å². The van der Waals surface area contributed by atoms with E-state index in [0.717, 1.165) is 4.90 Å². The highest BCUT2D eigenvalue weighted by Gasteiger charge is 2.56. The molecule has 40 heavy (non-hydrogen) atoms. The monoisotopic (exact) mass is 639 g/mol. The van der Waals surface area contributed by atoms with E-state index in [2.05, 4.69) is 26.2 Å². The van der Waals surface area contributed by atoms with E-state index in [1.165, 1.54) is 30.3 Å². The van der Waals surface area contributed by atoms with Gasteiger partial charge in [-0.3, -0.25) is 9.69 Å². The Balaban J connectivity index is 2.30. The molecule has 9 nitrogen and oxygen atoms in total. The number of carboxylic acid groups (broad SMARTS) is 1. The molecule has 1 aliphatic rings. The first-order valence-electron chi connectivity index (χ1n) is 12.4. The van der Waals surface area contributed by atoms with Crippen LogP contribution in [-0.4, -0.2) is 51.3 Å². The zero-order valence-corrected chi connectivity index (χ0v) is 25.4. The third-order valence-corrected chi connectivity index (χ3v) is 6.83. The molecule has 2 aromatic rings. The van der Waals surface area contributed by atoms with E-state index in [1.54, 1.807) is 26.8 Å². The highest BCUT2D eigenvalue weighted by atomic mass is 79.9. The van der Waals surface area contributed by atoms with Crippen LogP contribution in [0.5, 0.6) is 0 Å². The zero-order valence-electron chi connectivity index (χ0n) is 23.0. The predicted molar refractivity (Wildman–Crippen MR) is 152 cm³/mol. The summed E-state index contributed by atoms with van der Waals surface area (Å²) in [5, 5.41) is 23.1. The van der Waals surface area contributed by atoms with Gasteiger partial charge in [-0.15, -0.1) is 4.99 Å². The van der Waals surface area contributed by atoms with Gasteiger partial charge in [0, 0.05) is 10.0 Å². The fraction of sp³-hybridized carbons (Fsp3) is 0.429. The average Bonchev–Trinajstić information content (AvgIpc) is 3.04. The van der Waals surface area contributed by atoms with Gasteiger partial charge in [-0.2, -0.15) is 0 Å². The molecule has 1 saturated heterocycles. The van der Waals surface area contributed by atoms with Gasteiger partial charge in [-0.25, -0.2) is 14.0 Å². The molecule has 1 fully saturated rings. The topological polar surface area (TPSA) is 129 Å². The number of benzene rings is 2. The molecule has 2 aromatic carbocycles. The number of halogens is 3. The second-order valence-corrected chi connectivity index (χ2v) is 13.0. The van der Waals surface area contributed by atoms with Crippen LogP contribution in [0.25, 0.3) is 0 Å². The van der Waals surface area contributed by atoms with Crippen molar-refractivity contribution in [2.75, 3.05) is 6.61 Å². The number of hydrogen-bond donors (Lipinski definition) is 3. The molecule has 12 heteroatoms. The first-order valence-corrected chi connectivity index (χ1v) is 13.6. The Morgan fingerprint density at radius 2 is 1.82 bits per heavy atom. The van der Waals surface area contributed by atoms with E-state index in [4.69, 9.17) is 16.3 Å². The van der Waals surface area contributed by atoms with Crippen LogP contribution in [-0.2, 0) is 15.1 Å². The SMILES string of the molecule is CC(C)(C)C[C@]1(c2ccc(Br)cc2F)N/C(=N\C(=O)OC(C)(C)C)N([C@H](CO)c2ccc(Cl)c(C(=O)O)c2)C1=O. The Bertz CT molecular complexity index is 1370. The molecule has 0 aliphatic carbocycles. The maximum Gasteiger partial charge on any atom is 0.437 e. The number of aliphatic hydroxyl groups excluding tert-OH is 1. The molecule has 1 heterocycles. The number of ether oxygens (including phenoxy) is 1. The van der Waals surface area contributed by atoms with Gasteiger partial charge in [0.2, 0.25) is 5.96 Å². The quantitative estimate of drug-likeness (QED) is 0.352. The van der Waals surface area contributed by atoms with Gasteiger partial charge in [0.25, 0.3) is 5.91 Å². The lowest BCUT2D eigenvalue weighted by Gasteiger charge is -2.35. The molecular weight excluding hydrogens is 609 g/mol. The maximum atomic E-state index is 15.5. The molecule has 3 N–H and O–H groups in total. The summed E-state index contributed by atoms with van der Waals surface area (Å²) in [6, 6.07) is 7.09. The van der Waals surface area contributed by atoms with Crippen LogP contribution in [0.1, 0.15) is 75.5 Å². The normalized spacial score (nSPS) is 19.5. The van der Waals surface area contributed by atoms with E-state index in [1.807, 2.05) is 20.8 Å². The van der Waals surface area contributed by atoms with E-state index in [-0.39, 0.29) is 34.1 Å². The fourth-order valence-corrected chi connectivity index (χ4v) is 5.16. The van der Waals surface area contributed by atoms with E-state index in [0.29, 0.717) is 4.47 Å². The Hall–Kier alpha value is -3.02. The summed E-state index contributed by atoms with van der Waals surface area (Å²) in [5.74, 6) is -2.97. The Morgan fingerprint density at radius 3 is 2.35 bits per heavy atom. The minimum absolute atomic E-state index is 0.00837. The van der Waals surface area contributed by atoms with E-state index < -0.39 is 53.0 Å². The molecule has 1 aliphatic heterocycles. The van der Waals surface area contributed by atoms with Gasteiger partial charge in [0.15, 0.2) is 0 Å². The van der Waals surface area contributed by atoms with E-state index >= 15 is 4.39 Å². The summed E-state index contributed by atoms with van der Waals surface area (Å²) < 4.78 is 21.3. The number of carboxylic acids is 1. The lowest BCUT2D eigenvalue weighted by molar-refractivity contribution is -0.135. The van der Waals surface area contributed by atoms with Gasteiger partial charge < -0.3 is 20.3 Å². The third kappa shape index (κ3) is 6.82. The Kier molecular flexibility index (Phi) is 9.03. The molecular formula is C28H32BrClFN3O6. The standard InChI is InChI=1S/C28H32BrClFN3O6/c1-26(2,3)14-28(18-9-8-16(29)12-20(18)31)23(38)34(24(33-28)32-25(39)40-27(4,5)6)21(13-35)15-7-10-19(30)17(11-15)22(36)37/h7-12,21,35H,13-14H2,1-6H3,(H,36,37)(H,32,33,39)/t21-,28-/m1/s1. The molecule has 3 rings (SSSR count). The predicted octanol–water partition coefficient (Wildman–Crippen LogP) is 6.03. The van der Waals surface area contributed by atoms with Gasteiger partial charge in [0.1, 0.15) is 17.0 Å². The number of rotatable bonds is 6. The molecule has 0 radical (unpaired) electrons. The van der Waals surface area contributed by atoms with Crippen molar-refractivity contribution < 1.29 is 33.7 Å². The van der Waals surface area contributed by atoms with Crippen molar-refractivity contribution in [1.82, 2.24) is 10.2 Å². The van der Waals surface area contributed by atoms with Crippen LogP contribution < -0.4 is 5.32 Å². The van der Waals surface area contributed by atoms with Crippen molar-refractivity contribution in [1.29, 1.82) is 0 Å². The molecule has 0 bridgehead atoms. The number of hydrogen-bond acceptors (Lipinski definition) is 5. The lowest BCUT2D eigenvalue weighted by Crippen LogP contribution is -2.47. The first kappa shape index (κ1) is 31.5. The second kappa shape index (κ2) is 11.5. The van der Waals surface area contributed by atoms with Crippen molar-refractivity contribution in [3.63, 3.8) is 0 Å². The number of carbonyl (C=O) groups excluding carboxylic acids is 2. The second-order valence-electron chi connectivity index (χ2n) is 11.7. The molecule has 216 valence electrons. The largest absolute Gasteiger partial charge is 0.478 e. The third-order valence-electron chi connectivity index (χ3n) is 6.00. The van der Waals surface area contributed by atoms with Crippen LogP contribution >= 0.6 is 27.5 Å². The lowest BCUT2D eigenvalue weighted by atomic mass is 9.75. The molecule has 2 amide bonds. The smallest absolute Gasteiger partial charge is 0.437 e. The average molecular weight is 641 g/mol. The summed E-state index contributed by atoms with van der Waals surface area (Å²) in [7, 11) is 0. The fourth-order valence-electron chi connectivity index (χ4n) is 4.63. The molecule has 0 saturated carbocycles. The minimum atomic E-state index is -1.74. The van der Waals surface area contributed by atoms with Crippen molar-refractivity contribution in [2.24, 2.45) is 10.4 Å². The number of amides is 2. The van der Waals surface area contributed by atoms with Crippen molar-refractivity contribution in [2.45, 2.75) is 65.1 Å². The Morgan fingerprint density at radius 1 is 1.18 bits per heavy atom. The van der Waals surface area contributed by atoms with E-state index in [9.17, 15) is 24.6 Å². The van der Waals surface area contributed by atoms with Crippen molar-refractivity contribution >= 4 is 51.5 Å². The molecule has 0 unspecified atom stereocenters. The Labute approximate surface area is 245 Å². The number of aliphatic hydroxyl groups is 1. The number of guanidine groups is 1. The van der Waals surface area contributed by atoms with Crippen LogP contribution in [0.2, 0.25) is 5.02 Å². The number of nitrogens with one attached hydrogen (secondary N) is 1. The van der Waals surface area contributed by atoms with Crippen LogP contribution in [0.15, 0.2) is 45.9 Å². The van der Waals surface area contributed by atoms with Gasteiger partial charge >= 0.3 is 12.1 Å². The number of aromatic carboxylic acids is 1. The van der Waals surface area contributed by atoms with Gasteiger partial charge in [-0.05, 0) is 62.4 Å². The zero-order chi connectivity index (χ0) is 30.2. The summed E-state index contributed by atoms with van der Waals surface area (Å²) in [6.07, 6.45) is -0.949. The first-order chi connectivity index (χ1) is 18.4. The number of carbonyl (C=O) groups is 3.